The van der Waals surface area contributed by atoms with Gasteiger partial charge in [-0.3, -0.25) is 4.79 Å². The van der Waals surface area contributed by atoms with Crippen molar-refractivity contribution in [2.45, 2.75) is 53.6 Å². The van der Waals surface area contributed by atoms with E-state index in [1.54, 1.807) is 12.1 Å². The van der Waals surface area contributed by atoms with E-state index in [9.17, 15) is 9.59 Å². The first-order valence-electron chi connectivity index (χ1n) is 10.2. The number of carbonyl (C=O) groups excluding carboxylic acids is 1. The first kappa shape index (κ1) is 25.3. The average Bonchev–Trinajstić information content (AvgIpc) is 2.76. The lowest BCUT2D eigenvalue weighted by atomic mass is 10.1. The fraction of sp³-hybridized carbons (Fsp3) is 0.391. The summed E-state index contributed by atoms with van der Waals surface area (Å²) in [7, 11) is 0. The molecular formula is C23H30ClNO5. The molecule has 0 saturated heterocycles. The maximum atomic E-state index is 12.7. The first-order valence-corrected chi connectivity index (χ1v) is 10.5. The van der Waals surface area contributed by atoms with Crippen LogP contribution in [-0.2, 0) is 0 Å². The highest BCUT2D eigenvalue weighted by molar-refractivity contribution is 6.33. The lowest BCUT2D eigenvalue weighted by molar-refractivity contribution is 0.0696. The van der Waals surface area contributed by atoms with Crippen molar-refractivity contribution < 1.29 is 24.2 Å². The zero-order valence-electron chi connectivity index (χ0n) is 18.1. The number of ether oxygens (including phenoxy) is 2. The SMILES string of the molecule is CC.CCOc1cc(C(=O)Nc2ccc(C(=O)O)cc2)cc(OC(CC)CC)c1Cl. The molecule has 164 valence electrons. The number of rotatable bonds is 9. The van der Waals surface area contributed by atoms with E-state index in [4.69, 9.17) is 26.2 Å². The highest BCUT2D eigenvalue weighted by atomic mass is 35.5. The fourth-order valence-corrected chi connectivity index (χ4v) is 2.79. The molecule has 0 spiro atoms. The molecule has 0 radical (unpaired) electrons. The van der Waals surface area contributed by atoms with Crippen molar-refractivity contribution in [1.82, 2.24) is 0 Å². The number of hydrogen-bond acceptors (Lipinski definition) is 4. The largest absolute Gasteiger partial charge is 0.492 e. The third kappa shape index (κ3) is 6.95. The number of carboxylic acid groups (broad SMARTS) is 1. The Morgan fingerprint density at radius 2 is 1.57 bits per heavy atom. The van der Waals surface area contributed by atoms with E-state index in [2.05, 4.69) is 5.32 Å². The van der Waals surface area contributed by atoms with Gasteiger partial charge in [0, 0.05) is 11.3 Å². The molecule has 0 aromatic heterocycles. The second kappa shape index (κ2) is 12.8. The first-order chi connectivity index (χ1) is 14.4. The van der Waals surface area contributed by atoms with Crippen molar-refractivity contribution in [3.8, 4) is 11.5 Å². The number of halogens is 1. The predicted molar refractivity (Wildman–Crippen MR) is 120 cm³/mol. The second-order valence-corrected chi connectivity index (χ2v) is 6.49. The zero-order valence-corrected chi connectivity index (χ0v) is 18.9. The van der Waals surface area contributed by atoms with Crippen LogP contribution in [0.4, 0.5) is 5.69 Å². The molecule has 0 saturated carbocycles. The van der Waals surface area contributed by atoms with Crippen LogP contribution in [0.5, 0.6) is 11.5 Å². The van der Waals surface area contributed by atoms with Gasteiger partial charge in [0.25, 0.3) is 5.91 Å². The van der Waals surface area contributed by atoms with Gasteiger partial charge in [0.1, 0.15) is 16.5 Å². The Morgan fingerprint density at radius 3 is 2.07 bits per heavy atom. The van der Waals surface area contributed by atoms with E-state index < -0.39 is 5.97 Å². The van der Waals surface area contributed by atoms with Gasteiger partial charge in [0.05, 0.1) is 18.3 Å². The summed E-state index contributed by atoms with van der Waals surface area (Å²) in [6, 6.07) is 9.06. The summed E-state index contributed by atoms with van der Waals surface area (Å²) in [4.78, 5) is 23.6. The Kier molecular flexibility index (Phi) is 10.8. The van der Waals surface area contributed by atoms with E-state index in [0.29, 0.717) is 34.4 Å². The molecule has 0 atom stereocenters. The maximum absolute atomic E-state index is 12.7. The molecule has 0 aliphatic rings. The molecule has 7 heteroatoms. The van der Waals surface area contributed by atoms with Crippen molar-refractivity contribution >= 4 is 29.2 Å². The Balaban J connectivity index is 0.00000218. The van der Waals surface area contributed by atoms with Crippen molar-refractivity contribution in [1.29, 1.82) is 0 Å². The van der Waals surface area contributed by atoms with Crippen molar-refractivity contribution in [2.75, 3.05) is 11.9 Å². The number of amides is 1. The number of benzene rings is 2. The van der Waals surface area contributed by atoms with Gasteiger partial charge in [0.15, 0.2) is 0 Å². The lowest BCUT2D eigenvalue weighted by Crippen LogP contribution is -2.16. The Morgan fingerprint density at radius 1 is 1.00 bits per heavy atom. The third-order valence-corrected chi connectivity index (χ3v) is 4.53. The normalized spacial score (nSPS) is 10.1. The fourth-order valence-electron chi connectivity index (χ4n) is 2.58. The quantitative estimate of drug-likeness (QED) is 0.484. The van der Waals surface area contributed by atoms with Gasteiger partial charge in [-0.15, -0.1) is 0 Å². The molecule has 2 rings (SSSR count). The summed E-state index contributed by atoms with van der Waals surface area (Å²) in [5.74, 6) is -0.637. The van der Waals surface area contributed by atoms with E-state index in [-0.39, 0.29) is 17.6 Å². The van der Waals surface area contributed by atoms with E-state index in [0.717, 1.165) is 12.8 Å². The van der Waals surface area contributed by atoms with E-state index in [1.807, 2.05) is 34.6 Å². The lowest BCUT2D eigenvalue weighted by Gasteiger charge is -2.19. The molecule has 2 aromatic carbocycles. The predicted octanol–water partition coefficient (Wildman–Crippen LogP) is 6.28. The molecule has 30 heavy (non-hydrogen) atoms. The summed E-state index contributed by atoms with van der Waals surface area (Å²) >= 11 is 6.39. The monoisotopic (exact) mass is 435 g/mol. The minimum Gasteiger partial charge on any atom is -0.492 e. The molecule has 2 aromatic rings. The maximum Gasteiger partial charge on any atom is 0.335 e. The number of hydrogen-bond donors (Lipinski definition) is 2. The van der Waals surface area contributed by atoms with Crippen LogP contribution < -0.4 is 14.8 Å². The average molecular weight is 436 g/mol. The van der Waals surface area contributed by atoms with Crippen LogP contribution in [0.15, 0.2) is 36.4 Å². The summed E-state index contributed by atoms with van der Waals surface area (Å²) < 4.78 is 11.5. The highest BCUT2D eigenvalue weighted by Crippen LogP contribution is 2.37. The van der Waals surface area contributed by atoms with Crippen LogP contribution in [0.3, 0.4) is 0 Å². The minimum atomic E-state index is -1.03. The van der Waals surface area contributed by atoms with Crippen LogP contribution >= 0.6 is 11.6 Å². The summed E-state index contributed by atoms with van der Waals surface area (Å²) in [6.07, 6.45) is 1.60. The smallest absolute Gasteiger partial charge is 0.335 e. The Hall–Kier alpha value is -2.73. The standard InChI is InChI=1S/C21H24ClNO5.C2H6/c1-4-16(5-2)28-18-12-14(11-17(19(18)22)27-6-3)20(24)23-15-9-7-13(8-10-15)21(25)26;1-2/h7-12,16H,4-6H2,1-3H3,(H,23,24)(H,25,26);1-2H3. The molecule has 0 heterocycles. The number of anilines is 1. The van der Waals surface area contributed by atoms with Crippen molar-refractivity contribution in [2.24, 2.45) is 0 Å². The van der Waals surface area contributed by atoms with Crippen molar-refractivity contribution in [3.63, 3.8) is 0 Å². The molecule has 1 amide bonds. The highest BCUT2D eigenvalue weighted by Gasteiger charge is 2.18. The van der Waals surface area contributed by atoms with Crippen LogP contribution in [0.1, 0.15) is 68.2 Å². The third-order valence-electron chi connectivity index (χ3n) is 4.16. The summed E-state index contributed by atoms with van der Waals surface area (Å²) in [5.41, 5.74) is 0.950. The molecule has 0 aliphatic heterocycles. The molecule has 2 N–H and O–H groups in total. The number of nitrogens with one attached hydrogen (secondary N) is 1. The van der Waals surface area contributed by atoms with Gasteiger partial charge >= 0.3 is 5.97 Å². The molecule has 0 bridgehead atoms. The second-order valence-electron chi connectivity index (χ2n) is 6.11. The van der Waals surface area contributed by atoms with E-state index >= 15 is 0 Å². The van der Waals surface area contributed by atoms with Gasteiger partial charge in [-0.1, -0.05) is 39.3 Å². The minimum absolute atomic E-state index is 0.0196. The van der Waals surface area contributed by atoms with Crippen LogP contribution in [0.25, 0.3) is 0 Å². The van der Waals surface area contributed by atoms with Crippen molar-refractivity contribution in [3.05, 3.63) is 52.5 Å². The van der Waals surface area contributed by atoms with Crippen LogP contribution in [0.2, 0.25) is 5.02 Å². The van der Waals surface area contributed by atoms with Gasteiger partial charge in [-0.25, -0.2) is 4.79 Å². The van der Waals surface area contributed by atoms with Crippen LogP contribution in [-0.4, -0.2) is 29.7 Å². The zero-order chi connectivity index (χ0) is 22.7. The van der Waals surface area contributed by atoms with Crippen LogP contribution in [0, 0.1) is 0 Å². The van der Waals surface area contributed by atoms with Gasteiger partial charge in [-0.2, -0.15) is 0 Å². The number of carboxylic acids is 1. The van der Waals surface area contributed by atoms with Gasteiger partial charge < -0.3 is 19.9 Å². The number of carbonyl (C=O) groups is 2. The topological polar surface area (TPSA) is 84.9 Å². The Bertz CT molecular complexity index is 832. The molecule has 0 unspecified atom stereocenters. The Labute approximate surface area is 183 Å². The number of aromatic carboxylic acids is 1. The summed E-state index contributed by atoms with van der Waals surface area (Å²) in [6.45, 7) is 10.3. The molecule has 6 nitrogen and oxygen atoms in total. The molecule has 0 fully saturated rings. The summed E-state index contributed by atoms with van der Waals surface area (Å²) in [5, 5.41) is 12.0. The van der Waals surface area contributed by atoms with E-state index in [1.165, 1.54) is 24.3 Å². The van der Waals surface area contributed by atoms with Gasteiger partial charge in [0.2, 0.25) is 0 Å². The molecule has 0 aliphatic carbocycles. The van der Waals surface area contributed by atoms with Gasteiger partial charge in [-0.05, 0) is 56.2 Å². The molecular weight excluding hydrogens is 406 g/mol.